The summed E-state index contributed by atoms with van der Waals surface area (Å²) in [5, 5.41) is 11.3. The molecule has 25 heavy (non-hydrogen) atoms. The molecule has 0 saturated heterocycles. The maximum absolute atomic E-state index is 12.1. The molecule has 1 N–H and O–H groups in total. The van der Waals surface area contributed by atoms with Crippen molar-refractivity contribution in [2.24, 2.45) is 0 Å². The maximum Gasteiger partial charge on any atom is 0.271 e. The average molecular weight is 339 g/mol. The maximum atomic E-state index is 12.1. The van der Waals surface area contributed by atoms with Crippen LogP contribution in [0.5, 0.6) is 0 Å². The Kier molecular flexibility index (Phi) is 5.28. The first-order valence-corrected chi connectivity index (χ1v) is 8.70. The smallest absolute Gasteiger partial charge is 0.271 e. The minimum Gasteiger partial charge on any atom is -0.351 e. The molecule has 2 heterocycles. The fourth-order valence-corrected chi connectivity index (χ4v) is 3.18. The number of hydrogen-bond donors (Lipinski definition) is 1. The van der Waals surface area contributed by atoms with Gasteiger partial charge in [0.05, 0.1) is 0 Å². The van der Waals surface area contributed by atoms with Gasteiger partial charge in [0.15, 0.2) is 11.5 Å². The summed E-state index contributed by atoms with van der Waals surface area (Å²) in [6.45, 7) is 3.75. The van der Waals surface area contributed by atoms with Gasteiger partial charge in [0.1, 0.15) is 0 Å². The number of amides is 1. The lowest BCUT2D eigenvalue weighted by molar-refractivity contribution is 0.0946. The van der Waals surface area contributed by atoms with E-state index >= 15 is 0 Å². The lowest BCUT2D eigenvalue weighted by Gasteiger charge is -2.23. The number of carbonyl (C=O) groups excluding carboxylic acids is 1. The molecular formula is C19H25N5O. The van der Waals surface area contributed by atoms with E-state index in [4.69, 9.17) is 0 Å². The molecule has 0 radical (unpaired) electrons. The first kappa shape index (κ1) is 17.4. The van der Waals surface area contributed by atoms with Gasteiger partial charge in [-0.3, -0.25) is 4.79 Å². The average Bonchev–Trinajstić information content (AvgIpc) is 2.94. The number of carbonyl (C=O) groups is 1. The van der Waals surface area contributed by atoms with E-state index in [1.54, 1.807) is 6.07 Å². The molecule has 6 nitrogen and oxygen atoms in total. The number of fused-ring (bicyclic) bond motifs is 1. The summed E-state index contributed by atoms with van der Waals surface area (Å²) in [6.07, 6.45) is 1.90. The largest absolute Gasteiger partial charge is 0.351 e. The third kappa shape index (κ3) is 3.96. The number of nitrogens with one attached hydrogen (secondary N) is 1. The summed E-state index contributed by atoms with van der Waals surface area (Å²) in [4.78, 5) is 16.4. The lowest BCUT2D eigenvalue weighted by atomic mass is 10.1. The van der Waals surface area contributed by atoms with E-state index in [0.29, 0.717) is 18.3 Å². The first-order valence-electron chi connectivity index (χ1n) is 8.70. The van der Waals surface area contributed by atoms with E-state index in [2.05, 4.69) is 50.4 Å². The Bertz CT molecular complexity index is 729. The molecule has 0 spiro atoms. The van der Waals surface area contributed by atoms with Crippen LogP contribution in [0.4, 0.5) is 11.5 Å². The molecule has 132 valence electrons. The first-order chi connectivity index (χ1) is 12.1. The quantitative estimate of drug-likeness (QED) is 0.818. The second kappa shape index (κ2) is 7.61. The van der Waals surface area contributed by atoms with Gasteiger partial charge in [-0.05, 0) is 64.2 Å². The van der Waals surface area contributed by atoms with Crippen molar-refractivity contribution in [3.63, 3.8) is 0 Å². The topological polar surface area (TPSA) is 61.4 Å². The van der Waals surface area contributed by atoms with Crippen LogP contribution >= 0.6 is 0 Å². The van der Waals surface area contributed by atoms with Crippen molar-refractivity contribution in [2.75, 3.05) is 32.1 Å². The van der Waals surface area contributed by atoms with E-state index in [1.807, 2.05) is 26.2 Å². The molecule has 1 aliphatic rings. The summed E-state index contributed by atoms with van der Waals surface area (Å²) in [5.41, 5.74) is 2.85. The van der Waals surface area contributed by atoms with Crippen LogP contribution in [0.2, 0.25) is 0 Å². The Morgan fingerprint density at radius 1 is 1.24 bits per heavy atom. The Morgan fingerprint density at radius 3 is 2.76 bits per heavy atom. The molecule has 0 bridgehead atoms. The van der Waals surface area contributed by atoms with E-state index in [0.717, 1.165) is 25.2 Å². The Balaban J connectivity index is 1.65. The van der Waals surface area contributed by atoms with E-state index in [9.17, 15) is 4.79 Å². The molecular weight excluding hydrogens is 314 g/mol. The Labute approximate surface area is 148 Å². The predicted molar refractivity (Wildman–Crippen MR) is 99.3 cm³/mol. The molecule has 0 fully saturated rings. The molecule has 1 aromatic carbocycles. The lowest BCUT2D eigenvalue weighted by Crippen LogP contribution is -2.29. The van der Waals surface area contributed by atoms with E-state index < -0.39 is 0 Å². The van der Waals surface area contributed by atoms with Crippen molar-refractivity contribution in [1.82, 2.24) is 20.4 Å². The van der Waals surface area contributed by atoms with Gasteiger partial charge in [0.2, 0.25) is 0 Å². The molecule has 6 heteroatoms. The molecule has 3 rings (SSSR count). The van der Waals surface area contributed by atoms with Crippen molar-refractivity contribution < 1.29 is 4.79 Å². The molecule has 0 aliphatic carbocycles. The van der Waals surface area contributed by atoms with Crippen molar-refractivity contribution in [1.29, 1.82) is 0 Å². The van der Waals surface area contributed by atoms with Gasteiger partial charge in [-0.15, -0.1) is 10.2 Å². The van der Waals surface area contributed by atoms with Crippen molar-refractivity contribution in [3.05, 3.63) is 47.7 Å². The molecule has 1 aromatic heterocycles. The number of benzene rings is 1. The van der Waals surface area contributed by atoms with Gasteiger partial charge in [-0.2, -0.15) is 0 Å². The fraction of sp³-hybridized carbons (Fsp3) is 0.421. The fourth-order valence-electron chi connectivity index (χ4n) is 3.18. The zero-order valence-corrected chi connectivity index (χ0v) is 15.1. The zero-order chi connectivity index (χ0) is 17.8. The third-order valence-corrected chi connectivity index (χ3v) is 4.40. The third-order valence-electron chi connectivity index (χ3n) is 4.40. The predicted octanol–water partition coefficient (Wildman–Crippen LogP) is 2.24. The molecule has 1 atom stereocenters. The van der Waals surface area contributed by atoms with Gasteiger partial charge in [0, 0.05) is 18.3 Å². The normalized spacial score (nSPS) is 16.2. The monoisotopic (exact) mass is 339 g/mol. The number of nitrogens with zero attached hydrogens (tertiary/aromatic N) is 4. The zero-order valence-electron chi connectivity index (χ0n) is 15.1. The van der Waals surface area contributed by atoms with E-state index in [-0.39, 0.29) is 5.91 Å². The van der Waals surface area contributed by atoms with E-state index in [1.165, 1.54) is 11.3 Å². The van der Waals surface area contributed by atoms with Gasteiger partial charge < -0.3 is 15.1 Å². The molecule has 2 aromatic rings. The van der Waals surface area contributed by atoms with Crippen LogP contribution in [0.15, 0.2) is 36.4 Å². The van der Waals surface area contributed by atoms with Gasteiger partial charge in [-0.1, -0.05) is 18.2 Å². The number of hydrogen-bond acceptors (Lipinski definition) is 5. The summed E-state index contributed by atoms with van der Waals surface area (Å²) >= 11 is 0. The van der Waals surface area contributed by atoms with Gasteiger partial charge in [0.25, 0.3) is 5.91 Å². The number of aromatic nitrogens is 2. The van der Waals surface area contributed by atoms with Crippen LogP contribution in [0.3, 0.4) is 0 Å². The molecule has 1 amide bonds. The minimum absolute atomic E-state index is 0.173. The Hall–Kier alpha value is -2.47. The second-order valence-corrected chi connectivity index (χ2v) is 6.74. The highest BCUT2D eigenvalue weighted by atomic mass is 16.1. The summed E-state index contributed by atoms with van der Waals surface area (Å²) in [6, 6.07) is 12.3. The standard InChI is InChI=1S/C19H25N5O/c1-14-13-15-7-4-5-8-17(15)24(14)18-10-9-16(21-22-18)19(25)20-11-6-12-23(2)3/h4-5,7-10,14H,6,11-13H2,1-3H3,(H,20,25). The Morgan fingerprint density at radius 2 is 2.04 bits per heavy atom. The van der Waals surface area contributed by atoms with Crippen LogP contribution in [0.1, 0.15) is 29.4 Å². The summed E-state index contributed by atoms with van der Waals surface area (Å²) < 4.78 is 0. The van der Waals surface area contributed by atoms with Gasteiger partial charge in [-0.25, -0.2) is 0 Å². The number of para-hydroxylation sites is 1. The van der Waals surface area contributed by atoms with Crippen LogP contribution in [0, 0.1) is 0 Å². The molecule has 1 unspecified atom stereocenters. The van der Waals surface area contributed by atoms with Crippen LogP contribution in [-0.4, -0.2) is 54.2 Å². The summed E-state index contributed by atoms with van der Waals surface area (Å²) in [7, 11) is 4.03. The highest BCUT2D eigenvalue weighted by molar-refractivity contribution is 5.92. The van der Waals surface area contributed by atoms with Crippen LogP contribution in [0.25, 0.3) is 0 Å². The summed E-state index contributed by atoms with van der Waals surface area (Å²) in [5.74, 6) is 0.606. The SMILES string of the molecule is CC1Cc2ccccc2N1c1ccc(C(=O)NCCCN(C)C)nn1. The van der Waals surface area contributed by atoms with Crippen LogP contribution in [-0.2, 0) is 6.42 Å². The molecule has 1 aliphatic heterocycles. The number of rotatable bonds is 6. The van der Waals surface area contributed by atoms with Crippen LogP contribution < -0.4 is 10.2 Å². The second-order valence-electron chi connectivity index (χ2n) is 6.74. The highest BCUT2D eigenvalue weighted by Crippen LogP contribution is 2.36. The molecule has 0 saturated carbocycles. The highest BCUT2D eigenvalue weighted by Gasteiger charge is 2.27. The minimum atomic E-state index is -0.173. The van der Waals surface area contributed by atoms with Crippen molar-refractivity contribution >= 4 is 17.4 Å². The van der Waals surface area contributed by atoms with Crippen molar-refractivity contribution in [3.8, 4) is 0 Å². The van der Waals surface area contributed by atoms with Gasteiger partial charge >= 0.3 is 0 Å². The van der Waals surface area contributed by atoms with Crippen molar-refractivity contribution in [2.45, 2.75) is 25.8 Å². The number of anilines is 2.